The van der Waals surface area contributed by atoms with Gasteiger partial charge < -0.3 is 15.6 Å². The van der Waals surface area contributed by atoms with Crippen LogP contribution in [-0.2, 0) is 12.0 Å². The van der Waals surface area contributed by atoms with Gasteiger partial charge in [-0.3, -0.25) is 0 Å². The molecule has 3 N–H and O–H groups in total. The Kier molecular flexibility index (Phi) is 4.37. The van der Waals surface area contributed by atoms with Crippen molar-refractivity contribution in [1.82, 2.24) is 0 Å². The summed E-state index contributed by atoms with van der Waals surface area (Å²) in [7, 11) is 1.41. The summed E-state index contributed by atoms with van der Waals surface area (Å²) in [4.78, 5) is 0. The molecule has 0 aliphatic rings. The first kappa shape index (κ1) is 14.5. The van der Waals surface area contributed by atoms with E-state index in [1.54, 1.807) is 30.3 Å². The third-order valence-electron chi connectivity index (χ3n) is 3.39. The largest absolute Gasteiger partial charge is 0.494 e. The molecular formula is C16H18FNO2. The van der Waals surface area contributed by atoms with Gasteiger partial charge in [-0.25, -0.2) is 4.39 Å². The minimum atomic E-state index is -1.30. The summed E-state index contributed by atoms with van der Waals surface area (Å²) in [6.45, 7) is 0.00760. The van der Waals surface area contributed by atoms with Crippen LogP contribution in [0, 0.1) is 5.82 Å². The number of benzene rings is 2. The second kappa shape index (κ2) is 6.03. The van der Waals surface area contributed by atoms with E-state index < -0.39 is 11.4 Å². The molecule has 0 heterocycles. The van der Waals surface area contributed by atoms with Crippen molar-refractivity contribution in [3.8, 4) is 5.75 Å². The Morgan fingerprint density at radius 3 is 2.45 bits per heavy atom. The lowest BCUT2D eigenvalue weighted by Crippen LogP contribution is -2.37. The zero-order chi connectivity index (χ0) is 14.6. The third-order valence-corrected chi connectivity index (χ3v) is 3.39. The maximum absolute atomic E-state index is 14.2. The van der Waals surface area contributed by atoms with E-state index in [-0.39, 0.29) is 18.7 Å². The highest BCUT2D eigenvalue weighted by Gasteiger charge is 2.29. The van der Waals surface area contributed by atoms with Crippen LogP contribution in [-0.4, -0.2) is 18.8 Å². The normalized spacial score (nSPS) is 13.8. The fraction of sp³-hybridized carbons (Fsp3) is 0.250. The fourth-order valence-electron chi connectivity index (χ4n) is 2.21. The molecule has 0 fully saturated rings. The average molecular weight is 275 g/mol. The molecule has 2 rings (SSSR count). The summed E-state index contributed by atoms with van der Waals surface area (Å²) >= 11 is 0. The van der Waals surface area contributed by atoms with Crippen molar-refractivity contribution in [1.29, 1.82) is 0 Å². The van der Waals surface area contributed by atoms with Crippen molar-refractivity contribution < 1.29 is 14.2 Å². The monoisotopic (exact) mass is 275 g/mol. The van der Waals surface area contributed by atoms with Gasteiger partial charge in [-0.15, -0.1) is 0 Å². The van der Waals surface area contributed by atoms with Gasteiger partial charge in [0.15, 0.2) is 11.6 Å². The van der Waals surface area contributed by atoms with Gasteiger partial charge in [0.25, 0.3) is 0 Å². The molecule has 3 nitrogen and oxygen atoms in total. The SMILES string of the molecule is COc1cccc(CC(O)(CN)c2ccccc2)c1F. The lowest BCUT2D eigenvalue weighted by atomic mass is 9.87. The van der Waals surface area contributed by atoms with Gasteiger partial charge in [0.05, 0.1) is 7.11 Å². The number of nitrogens with two attached hydrogens (primary N) is 1. The molecule has 20 heavy (non-hydrogen) atoms. The van der Waals surface area contributed by atoms with E-state index in [4.69, 9.17) is 10.5 Å². The van der Waals surface area contributed by atoms with Gasteiger partial charge in [-0.1, -0.05) is 42.5 Å². The van der Waals surface area contributed by atoms with Crippen molar-refractivity contribution in [3.63, 3.8) is 0 Å². The summed E-state index contributed by atoms with van der Waals surface area (Å²) < 4.78 is 19.1. The number of hydrogen-bond acceptors (Lipinski definition) is 3. The summed E-state index contributed by atoms with van der Waals surface area (Å²) in [5, 5.41) is 10.7. The van der Waals surface area contributed by atoms with E-state index >= 15 is 0 Å². The van der Waals surface area contributed by atoms with Crippen molar-refractivity contribution in [2.24, 2.45) is 5.73 Å². The number of rotatable bonds is 5. The van der Waals surface area contributed by atoms with Crippen molar-refractivity contribution in [2.75, 3.05) is 13.7 Å². The lowest BCUT2D eigenvalue weighted by Gasteiger charge is -2.27. The number of halogens is 1. The Labute approximate surface area is 117 Å². The molecule has 0 aliphatic heterocycles. The standard InChI is InChI=1S/C16H18FNO2/c1-20-14-9-5-6-12(15(14)17)10-16(19,11-18)13-7-3-2-4-8-13/h2-9,19H,10-11,18H2,1H3. The van der Waals surface area contributed by atoms with Gasteiger partial charge in [-0.05, 0) is 17.2 Å². The second-order valence-electron chi connectivity index (χ2n) is 4.71. The maximum Gasteiger partial charge on any atom is 0.168 e. The van der Waals surface area contributed by atoms with Crippen LogP contribution >= 0.6 is 0 Å². The minimum absolute atomic E-state index is 0.00760. The minimum Gasteiger partial charge on any atom is -0.494 e. The molecule has 0 aliphatic carbocycles. The van der Waals surface area contributed by atoms with E-state index in [0.29, 0.717) is 11.1 Å². The predicted molar refractivity (Wildman–Crippen MR) is 76.0 cm³/mol. The van der Waals surface area contributed by atoms with Gasteiger partial charge in [0, 0.05) is 13.0 Å². The fourth-order valence-corrected chi connectivity index (χ4v) is 2.21. The molecule has 1 unspecified atom stereocenters. The third kappa shape index (κ3) is 2.81. The first-order valence-electron chi connectivity index (χ1n) is 6.40. The van der Waals surface area contributed by atoms with Crippen LogP contribution in [0.2, 0.25) is 0 Å². The Bertz CT molecular complexity index is 574. The molecule has 0 aromatic heterocycles. The maximum atomic E-state index is 14.2. The van der Waals surface area contributed by atoms with Gasteiger partial charge >= 0.3 is 0 Å². The van der Waals surface area contributed by atoms with Crippen molar-refractivity contribution in [2.45, 2.75) is 12.0 Å². The molecule has 0 amide bonds. The first-order chi connectivity index (χ1) is 9.60. The molecule has 106 valence electrons. The van der Waals surface area contributed by atoms with Crippen LogP contribution in [0.3, 0.4) is 0 Å². The van der Waals surface area contributed by atoms with E-state index in [9.17, 15) is 9.50 Å². The molecule has 1 atom stereocenters. The Hall–Kier alpha value is -1.91. The number of hydrogen-bond donors (Lipinski definition) is 2. The molecule has 0 saturated heterocycles. The highest BCUT2D eigenvalue weighted by Crippen LogP contribution is 2.28. The Morgan fingerprint density at radius 1 is 1.15 bits per heavy atom. The van der Waals surface area contributed by atoms with E-state index in [0.717, 1.165) is 0 Å². The zero-order valence-electron chi connectivity index (χ0n) is 11.3. The molecule has 0 radical (unpaired) electrons. The smallest absolute Gasteiger partial charge is 0.168 e. The highest BCUT2D eigenvalue weighted by atomic mass is 19.1. The van der Waals surface area contributed by atoms with E-state index in [1.807, 2.05) is 18.2 Å². The van der Waals surface area contributed by atoms with E-state index in [2.05, 4.69) is 0 Å². The van der Waals surface area contributed by atoms with Crippen LogP contribution in [0.25, 0.3) is 0 Å². The summed E-state index contributed by atoms with van der Waals surface area (Å²) in [6.07, 6.45) is 0.0938. The van der Waals surface area contributed by atoms with Gasteiger partial charge in [0.1, 0.15) is 5.60 Å². The number of aliphatic hydroxyl groups is 1. The van der Waals surface area contributed by atoms with Crippen LogP contribution in [0.1, 0.15) is 11.1 Å². The van der Waals surface area contributed by atoms with E-state index in [1.165, 1.54) is 7.11 Å². The molecular weight excluding hydrogens is 257 g/mol. The van der Waals surface area contributed by atoms with Crippen molar-refractivity contribution >= 4 is 0 Å². The van der Waals surface area contributed by atoms with Gasteiger partial charge in [0.2, 0.25) is 0 Å². The van der Waals surface area contributed by atoms with Gasteiger partial charge in [-0.2, -0.15) is 0 Å². The lowest BCUT2D eigenvalue weighted by molar-refractivity contribution is 0.0453. The second-order valence-corrected chi connectivity index (χ2v) is 4.71. The first-order valence-corrected chi connectivity index (χ1v) is 6.40. The van der Waals surface area contributed by atoms with Crippen LogP contribution in [0.15, 0.2) is 48.5 Å². The molecule has 0 spiro atoms. The molecule has 2 aromatic rings. The average Bonchev–Trinajstić information content (AvgIpc) is 2.50. The molecule has 2 aromatic carbocycles. The number of ether oxygens (including phenoxy) is 1. The molecule has 4 heteroatoms. The van der Waals surface area contributed by atoms with Crippen molar-refractivity contribution in [3.05, 3.63) is 65.5 Å². The van der Waals surface area contributed by atoms with Crippen LogP contribution < -0.4 is 10.5 Å². The van der Waals surface area contributed by atoms with Crippen LogP contribution in [0.5, 0.6) is 5.75 Å². The Morgan fingerprint density at radius 2 is 1.85 bits per heavy atom. The quantitative estimate of drug-likeness (QED) is 0.879. The summed E-state index contributed by atoms with van der Waals surface area (Å²) in [5.41, 5.74) is 5.45. The zero-order valence-corrected chi connectivity index (χ0v) is 11.3. The number of methoxy groups -OCH3 is 1. The predicted octanol–water partition coefficient (Wildman–Crippen LogP) is 2.22. The molecule has 0 saturated carbocycles. The highest BCUT2D eigenvalue weighted by molar-refractivity contribution is 5.34. The molecule has 0 bridgehead atoms. The topological polar surface area (TPSA) is 55.5 Å². The Balaban J connectivity index is 2.36. The van der Waals surface area contributed by atoms with Crippen LogP contribution in [0.4, 0.5) is 4.39 Å². The summed E-state index contributed by atoms with van der Waals surface area (Å²) in [6, 6.07) is 13.9. The summed E-state index contributed by atoms with van der Waals surface area (Å²) in [5.74, 6) is -0.298.